The highest BCUT2D eigenvalue weighted by molar-refractivity contribution is 5.45. The Labute approximate surface area is 120 Å². The molecule has 112 valence electrons. The normalized spacial score (nSPS) is 14.8. The number of hydrogen-bond acceptors (Lipinski definition) is 5. The van der Waals surface area contributed by atoms with Crippen LogP contribution in [0.1, 0.15) is 18.5 Å². The predicted molar refractivity (Wildman–Crippen MR) is 78.4 cm³/mol. The molecule has 5 heteroatoms. The second kappa shape index (κ2) is 7.47. The topological polar surface area (TPSA) is 43.0 Å². The third kappa shape index (κ3) is 4.10. The van der Waals surface area contributed by atoms with Crippen LogP contribution in [0, 0.1) is 0 Å². The van der Waals surface area contributed by atoms with Crippen LogP contribution in [-0.2, 0) is 4.74 Å². The first-order valence-corrected chi connectivity index (χ1v) is 7.01. The van der Waals surface area contributed by atoms with Gasteiger partial charge in [0.05, 0.1) is 6.61 Å². The van der Waals surface area contributed by atoms with E-state index in [2.05, 4.69) is 36.3 Å². The van der Waals surface area contributed by atoms with E-state index < -0.39 is 0 Å². The summed E-state index contributed by atoms with van der Waals surface area (Å²) in [6, 6.07) is 6.40. The molecule has 1 unspecified atom stereocenters. The molecule has 1 N–H and O–H groups in total. The third-order valence-electron chi connectivity index (χ3n) is 3.52. The highest BCUT2D eigenvalue weighted by Gasteiger charge is 2.15. The first kappa shape index (κ1) is 15.1. The fourth-order valence-electron chi connectivity index (χ4n) is 2.13. The van der Waals surface area contributed by atoms with Crippen molar-refractivity contribution < 1.29 is 14.2 Å². The summed E-state index contributed by atoms with van der Waals surface area (Å²) in [5.41, 5.74) is 1.22. The number of benzene rings is 1. The van der Waals surface area contributed by atoms with Crippen molar-refractivity contribution in [2.45, 2.75) is 13.0 Å². The van der Waals surface area contributed by atoms with Crippen LogP contribution in [0.25, 0.3) is 0 Å². The molecule has 0 spiro atoms. The molecule has 20 heavy (non-hydrogen) atoms. The van der Waals surface area contributed by atoms with Crippen LogP contribution in [0.15, 0.2) is 18.2 Å². The largest absolute Gasteiger partial charge is 0.454 e. The fourth-order valence-corrected chi connectivity index (χ4v) is 2.13. The van der Waals surface area contributed by atoms with E-state index in [1.807, 2.05) is 6.07 Å². The Morgan fingerprint density at radius 3 is 2.90 bits per heavy atom. The molecule has 0 fully saturated rings. The molecular weight excluding hydrogens is 256 g/mol. The quantitative estimate of drug-likeness (QED) is 0.784. The van der Waals surface area contributed by atoms with E-state index in [1.165, 1.54) is 5.56 Å². The molecule has 1 aliphatic rings. The van der Waals surface area contributed by atoms with Crippen molar-refractivity contribution in [1.29, 1.82) is 0 Å². The third-order valence-corrected chi connectivity index (χ3v) is 3.52. The lowest BCUT2D eigenvalue weighted by molar-refractivity contribution is 0.161. The molecule has 0 amide bonds. The van der Waals surface area contributed by atoms with Gasteiger partial charge in [0.1, 0.15) is 0 Å². The van der Waals surface area contributed by atoms with Crippen molar-refractivity contribution in [3.05, 3.63) is 23.8 Å². The van der Waals surface area contributed by atoms with Gasteiger partial charge >= 0.3 is 0 Å². The number of fused-ring (bicyclic) bond motifs is 1. The lowest BCUT2D eigenvalue weighted by Gasteiger charge is -2.19. The van der Waals surface area contributed by atoms with Gasteiger partial charge in [0.25, 0.3) is 0 Å². The van der Waals surface area contributed by atoms with Crippen molar-refractivity contribution in [3.8, 4) is 11.5 Å². The monoisotopic (exact) mass is 280 g/mol. The molecule has 2 rings (SSSR count). The molecule has 0 bridgehead atoms. The Balaban J connectivity index is 1.76. The Morgan fingerprint density at radius 2 is 2.10 bits per heavy atom. The lowest BCUT2D eigenvalue weighted by Crippen LogP contribution is -2.32. The first-order valence-electron chi connectivity index (χ1n) is 7.01. The van der Waals surface area contributed by atoms with Crippen LogP contribution in [0.3, 0.4) is 0 Å². The van der Waals surface area contributed by atoms with Gasteiger partial charge in [-0.05, 0) is 31.7 Å². The number of likely N-dealkylation sites (N-methyl/N-ethyl adjacent to an activating group) is 1. The van der Waals surface area contributed by atoms with E-state index in [1.54, 1.807) is 7.11 Å². The smallest absolute Gasteiger partial charge is 0.231 e. The minimum atomic E-state index is 0.292. The highest BCUT2D eigenvalue weighted by atomic mass is 16.7. The Kier molecular flexibility index (Phi) is 5.64. The molecule has 0 saturated carbocycles. The molecule has 1 aliphatic heterocycles. The average molecular weight is 280 g/mol. The first-order chi connectivity index (χ1) is 9.70. The second-order valence-corrected chi connectivity index (χ2v) is 5.08. The number of methoxy groups -OCH3 is 1. The van der Waals surface area contributed by atoms with Gasteiger partial charge in [-0.1, -0.05) is 6.07 Å². The summed E-state index contributed by atoms with van der Waals surface area (Å²) in [4.78, 5) is 2.25. The van der Waals surface area contributed by atoms with Gasteiger partial charge in [0, 0.05) is 32.8 Å². The molecule has 0 aromatic heterocycles. The van der Waals surface area contributed by atoms with Gasteiger partial charge in [-0.2, -0.15) is 0 Å². The van der Waals surface area contributed by atoms with Crippen LogP contribution in [0.4, 0.5) is 0 Å². The van der Waals surface area contributed by atoms with Gasteiger partial charge in [0.15, 0.2) is 11.5 Å². The highest BCUT2D eigenvalue weighted by Crippen LogP contribution is 2.33. The van der Waals surface area contributed by atoms with Gasteiger partial charge < -0.3 is 24.4 Å². The van der Waals surface area contributed by atoms with Gasteiger partial charge in [0.2, 0.25) is 6.79 Å². The van der Waals surface area contributed by atoms with Gasteiger partial charge in [-0.15, -0.1) is 0 Å². The number of ether oxygens (including phenoxy) is 3. The van der Waals surface area contributed by atoms with E-state index in [9.17, 15) is 0 Å². The zero-order valence-electron chi connectivity index (χ0n) is 12.5. The minimum Gasteiger partial charge on any atom is -0.454 e. The summed E-state index contributed by atoms with van der Waals surface area (Å²) in [7, 11) is 3.83. The van der Waals surface area contributed by atoms with Crippen molar-refractivity contribution >= 4 is 0 Å². The fraction of sp³-hybridized carbons (Fsp3) is 0.600. The van der Waals surface area contributed by atoms with E-state index in [4.69, 9.17) is 14.2 Å². The van der Waals surface area contributed by atoms with E-state index in [-0.39, 0.29) is 0 Å². The van der Waals surface area contributed by atoms with Crippen molar-refractivity contribution in [2.24, 2.45) is 0 Å². The van der Waals surface area contributed by atoms with E-state index in [0.717, 1.165) is 37.7 Å². The standard InChI is InChI=1S/C15H24N2O3/c1-12(16-6-7-17(2)8-9-18-3)13-4-5-14-15(10-13)20-11-19-14/h4-5,10,12,16H,6-9,11H2,1-3H3. The molecule has 0 saturated heterocycles. The van der Waals surface area contributed by atoms with Crippen LogP contribution in [0.2, 0.25) is 0 Å². The zero-order valence-corrected chi connectivity index (χ0v) is 12.5. The second-order valence-electron chi connectivity index (χ2n) is 5.08. The Morgan fingerprint density at radius 1 is 1.30 bits per heavy atom. The maximum Gasteiger partial charge on any atom is 0.231 e. The van der Waals surface area contributed by atoms with E-state index in [0.29, 0.717) is 12.8 Å². The SMILES string of the molecule is COCCN(C)CCNC(C)c1ccc2c(c1)OCO2. The number of hydrogen-bond donors (Lipinski definition) is 1. The lowest BCUT2D eigenvalue weighted by atomic mass is 10.1. The number of nitrogens with zero attached hydrogens (tertiary/aromatic N) is 1. The van der Waals surface area contributed by atoms with E-state index >= 15 is 0 Å². The number of rotatable bonds is 8. The molecule has 1 heterocycles. The summed E-state index contributed by atoms with van der Waals surface area (Å²) in [6.07, 6.45) is 0. The van der Waals surface area contributed by atoms with Gasteiger partial charge in [-0.3, -0.25) is 0 Å². The minimum absolute atomic E-state index is 0.292. The van der Waals surface area contributed by atoms with Crippen molar-refractivity contribution in [1.82, 2.24) is 10.2 Å². The van der Waals surface area contributed by atoms with Crippen LogP contribution in [-0.4, -0.2) is 52.1 Å². The Hall–Kier alpha value is -1.30. The molecule has 1 aromatic carbocycles. The summed E-state index contributed by atoms with van der Waals surface area (Å²) in [6.45, 7) is 6.15. The summed E-state index contributed by atoms with van der Waals surface area (Å²) < 4.78 is 15.8. The molecule has 0 radical (unpaired) electrons. The molecule has 1 aromatic rings. The summed E-state index contributed by atoms with van der Waals surface area (Å²) >= 11 is 0. The average Bonchev–Trinajstić information content (AvgIpc) is 2.92. The van der Waals surface area contributed by atoms with Crippen molar-refractivity contribution in [3.63, 3.8) is 0 Å². The number of nitrogens with one attached hydrogen (secondary N) is 1. The molecule has 0 aliphatic carbocycles. The molecular formula is C15H24N2O3. The maximum atomic E-state index is 5.40. The van der Waals surface area contributed by atoms with Crippen molar-refractivity contribution in [2.75, 3.05) is 47.2 Å². The molecule has 5 nitrogen and oxygen atoms in total. The zero-order chi connectivity index (χ0) is 14.4. The summed E-state index contributed by atoms with van der Waals surface area (Å²) in [5.74, 6) is 1.67. The maximum absolute atomic E-state index is 5.40. The Bertz CT molecular complexity index is 426. The summed E-state index contributed by atoms with van der Waals surface area (Å²) in [5, 5.41) is 3.52. The van der Waals surface area contributed by atoms with Crippen LogP contribution >= 0.6 is 0 Å². The van der Waals surface area contributed by atoms with Gasteiger partial charge in [-0.25, -0.2) is 0 Å². The molecule has 1 atom stereocenters. The predicted octanol–water partition coefficient (Wildman–Crippen LogP) is 1.64. The van der Waals surface area contributed by atoms with Crippen LogP contribution in [0.5, 0.6) is 11.5 Å². The van der Waals surface area contributed by atoms with Crippen LogP contribution < -0.4 is 14.8 Å².